The smallest absolute Gasteiger partial charge is 0.355 e. The van der Waals surface area contributed by atoms with Crippen molar-refractivity contribution in [1.82, 2.24) is 9.55 Å². The topological polar surface area (TPSA) is 93.5 Å². The maximum absolute atomic E-state index is 12.6. The number of aromatic nitrogens is 2. The summed E-state index contributed by atoms with van der Waals surface area (Å²) in [6.07, 6.45) is -0.695. The van der Waals surface area contributed by atoms with E-state index in [9.17, 15) is 14.7 Å². The second-order valence-electron chi connectivity index (χ2n) is 7.30. The fourth-order valence-electron chi connectivity index (χ4n) is 3.93. The van der Waals surface area contributed by atoms with Gasteiger partial charge in [0.15, 0.2) is 6.61 Å². The summed E-state index contributed by atoms with van der Waals surface area (Å²) in [5.41, 5.74) is 4.60. The lowest BCUT2D eigenvalue weighted by atomic mass is 10.1. The highest BCUT2D eigenvalue weighted by Crippen LogP contribution is 2.25. The fourth-order valence-corrected chi connectivity index (χ4v) is 3.93. The predicted octanol–water partition coefficient (Wildman–Crippen LogP) is 3.35. The van der Waals surface area contributed by atoms with Crippen LogP contribution in [0.2, 0.25) is 0 Å². The van der Waals surface area contributed by atoms with E-state index in [-0.39, 0.29) is 24.1 Å². The summed E-state index contributed by atoms with van der Waals surface area (Å²) in [6.45, 7) is 11.2. The second-order valence-corrected chi connectivity index (χ2v) is 7.30. The number of aromatic amines is 1. The first-order valence-electron chi connectivity index (χ1n) is 9.34. The van der Waals surface area contributed by atoms with Gasteiger partial charge in [0, 0.05) is 35.3 Å². The molecule has 0 aromatic carbocycles. The maximum atomic E-state index is 12.6. The Kier molecular flexibility index (Phi) is 6.85. The Morgan fingerprint density at radius 3 is 2.39 bits per heavy atom. The molecule has 2 N–H and O–H groups in total. The molecule has 2 atom stereocenters. The number of hydrogen-bond donors (Lipinski definition) is 2. The molecule has 0 saturated heterocycles. The number of Topliss-reactive ketones (excluding diaryl/α,β-unsaturated/α-hetero) is 1. The SMILES string of the molecule is COC[C@@H](C)n1c(C)cc(C(=O)COC(=O)c2[nH]c(C)c([C@@H](C)O)c2C)c1C. The maximum Gasteiger partial charge on any atom is 0.355 e. The van der Waals surface area contributed by atoms with Gasteiger partial charge in [0.2, 0.25) is 5.78 Å². The monoisotopic (exact) mass is 390 g/mol. The minimum atomic E-state index is -0.695. The summed E-state index contributed by atoms with van der Waals surface area (Å²) in [4.78, 5) is 28.0. The van der Waals surface area contributed by atoms with Gasteiger partial charge in [-0.1, -0.05) is 0 Å². The van der Waals surface area contributed by atoms with E-state index in [1.165, 1.54) is 0 Å². The molecule has 7 nitrogen and oxygen atoms in total. The van der Waals surface area contributed by atoms with Crippen molar-refractivity contribution in [1.29, 1.82) is 0 Å². The number of nitrogens with zero attached hydrogens (tertiary/aromatic N) is 1. The van der Waals surface area contributed by atoms with Crippen LogP contribution >= 0.6 is 0 Å². The molecule has 2 aromatic heterocycles. The number of methoxy groups -OCH3 is 1. The van der Waals surface area contributed by atoms with E-state index in [4.69, 9.17) is 9.47 Å². The molecule has 0 unspecified atom stereocenters. The third-order valence-electron chi connectivity index (χ3n) is 5.09. The molecule has 2 rings (SSSR count). The van der Waals surface area contributed by atoms with Crippen LogP contribution in [0.5, 0.6) is 0 Å². The molecule has 0 amide bonds. The summed E-state index contributed by atoms with van der Waals surface area (Å²) in [5, 5.41) is 9.85. The van der Waals surface area contributed by atoms with E-state index in [2.05, 4.69) is 4.98 Å². The van der Waals surface area contributed by atoms with Crippen molar-refractivity contribution in [3.05, 3.63) is 45.5 Å². The molecule has 0 bridgehead atoms. The van der Waals surface area contributed by atoms with Gasteiger partial charge in [0.05, 0.1) is 18.8 Å². The molecule has 0 aliphatic rings. The first kappa shape index (κ1) is 21.9. The van der Waals surface area contributed by atoms with Crippen LogP contribution < -0.4 is 0 Å². The van der Waals surface area contributed by atoms with Crippen molar-refractivity contribution in [3.63, 3.8) is 0 Å². The minimum absolute atomic E-state index is 0.0949. The lowest BCUT2D eigenvalue weighted by Gasteiger charge is -2.17. The molecule has 0 aliphatic carbocycles. The third kappa shape index (κ3) is 4.20. The van der Waals surface area contributed by atoms with Gasteiger partial charge >= 0.3 is 5.97 Å². The van der Waals surface area contributed by atoms with Crippen LogP contribution in [0.15, 0.2) is 6.07 Å². The number of rotatable bonds is 8. The summed E-state index contributed by atoms with van der Waals surface area (Å²) < 4.78 is 12.5. The van der Waals surface area contributed by atoms with Crippen molar-refractivity contribution < 1.29 is 24.2 Å². The molecule has 0 radical (unpaired) electrons. The van der Waals surface area contributed by atoms with E-state index < -0.39 is 12.1 Å². The van der Waals surface area contributed by atoms with Gasteiger partial charge < -0.3 is 24.1 Å². The fraction of sp³-hybridized carbons (Fsp3) is 0.524. The number of aliphatic hydroxyl groups is 1. The van der Waals surface area contributed by atoms with Gasteiger partial charge in [-0.05, 0) is 53.2 Å². The number of hydrogen-bond acceptors (Lipinski definition) is 5. The average Bonchev–Trinajstić information content (AvgIpc) is 3.08. The molecular weight excluding hydrogens is 360 g/mol. The number of esters is 1. The third-order valence-corrected chi connectivity index (χ3v) is 5.09. The van der Waals surface area contributed by atoms with Crippen LogP contribution in [0.4, 0.5) is 0 Å². The van der Waals surface area contributed by atoms with Gasteiger partial charge in [0.25, 0.3) is 0 Å². The van der Waals surface area contributed by atoms with Crippen LogP contribution in [0.3, 0.4) is 0 Å². The van der Waals surface area contributed by atoms with Crippen molar-refractivity contribution in [2.75, 3.05) is 20.3 Å². The zero-order valence-electron chi connectivity index (χ0n) is 17.7. The Morgan fingerprint density at radius 1 is 1.21 bits per heavy atom. The number of nitrogens with one attached hydrogen (secondary N) is 1. The molecule has 2 heterocycles. The lowest BCUT2D eigenvalue weighted by Crippen LogP contribution is -2.17. The van der Waals surface area contributed by atoms with Crippen molar-refractivity contribution in [2.24, 2.45) is 0 Å². The predicted molar refractivity (Wildman–Crippen MR) is 106 cm³/mol. The summed E-state index contributed by atoms with van der Waals surface area (Å²) in [5.74, 6) is -0.864. The molecule has 2 aromatic rings. The molecule has 0 saturated carbocycles. The van der Waals surface area contributed by atoms with Gasteiger partial charge in [0.1, 0.15) is 5.69 Å². The van der Waals surface area contributed by atoms with Gasteiger partial charge in [-0.15, -0.1) is 0 Å². The Morgan fingerprint density at radius 2 is 1.86 bits per heavy atom. The summed E-state index contributed by atoms with van der Waals surface area (Å²) >= 11 is 0. The zero-order valence-corrected chi connectivity index (χ0v) is 17.7. The normalized spacial score (nSPS) is 13.4. The number of H-pyrrole nitrogens is 1. The highest BCUT2D eigenvalue weighted by molar-refractivity contribution is 6.00. The van der Waals surface area contributed by atoms with Crippen molar-refractivity contribution in [2.45, 2.75) is 53.7 Å². The van der Waals surface area contributed by atoms with Crippen molar-refractivity contribution >= 4 is 11.8 Å². The molecule has 7 heteroatoms. The molecular formula is C21H30N2O5. The summed E-state index contributed by atoms with van der Waals surface area (Å²) in [7, 11) is 1.64. The van der Waals surface area contributed by atoms with E-state index in [1.807, 2.05) is 31.4 Å². The lowest BCUT2D eigenvalue weighted by molar-refractivity contribution is 0.0468. The van der Waals surface area contributed by atoms with Crippen LogP contribution in [0.1, 0.15) is 75.0 Å². The van der Waals surface area contributed by atoms with Crippen LogP contribution in [-0.4, -0.2) is 46.7 Å². The van der Waals surface area contributed by atoms with Crippen LogP contribution in [-0.2, 0) is 9.47 Å². The molecule has 0 spiro atoms. The number of carbonyl (C=O) groups is 2. The Balaban J connectivity index is 2.14. The molecule has 154 valence electrons. The number of aliphatic hydroxyl groups excluding tert-OH is 1. The Bertz CT molecular complexity index is 876. The van der Waals surface area contributed by atoms with Crippen molar-refractivity contribution in [3.8, 4) is 0 Å². The quantitative estimate of drug-likeness (QED) is 0.533. The Labute approximate surface area is 165 Å². The minimum Gasteiger partial charge on any atom is -0.453 e. The van der Waals surface area contributed by atoms with Gasteiger partial charge in [-0.2, -0.15) is 0 Å². The Hall–Kier alpha value is -2.38. The van der Waals surface area contributed by atoms with Gasteiger partial charge in [-0.3, -0.25) is 4.79 Å². The second kappa shape index (κ2) is 8.75. The largest absolute Gasteiger partial charge is 0.453 e. The highest BCUT2D eigenvalue weighted by atomic mass is 16.5. The highest BCUT2D eigenvalue weighted by Gasteiger charge is 2.23. The summed E-state index contributed by atoms with van der Waals surface area (Å²) in [6, 6.07) is 1.91. The number of carbonyl (C=O) groups excluding carboxylic acids is 2. The van der Waals surface area contributed by atoms with E-state index in [0.29, 0.717) is 29.0 Å². The average molecular weight is 390 g/mol. The first-order valence-corrected chi connectivity index (χ1v) is 9.34. The zero-order chi connectivity index (χ0) is 21.2. The van der Waals surface area contributed by atoms with E-state index in [1.54, 1.807) is 27.9 Å². The number of ketones is 1. The van der Waals surface area contributed by atoms with Gasteiger partial charge in [-0.25, -0.2) is 4.79 Å². The first-order chi connectivity index (χ1) is 13.1. The standard InChI is InChI=1S/C21H30N2O5/c1-11-8-17(15(5)23(11)12(2)9-27-7)18(25)10-28-21(26)20-13(3)19(16(6)24)14(4)22-20/h8,12,16,22,24H,9-10H2,1-7H3/t12-,16-/m1/s1. The van der Waals surface area contributed by atoms with E-state index >= 15 is 0 Å². The molecule has 0 fully saturated rings. The van der Waals surface area contributed by atoms with E-state index in [0.717, 1.165) is 11.4 Å². The molecule has 28 heavy (non-hydrogen) atoms. The van der Waals surface area contributed by atoms with Crippen LogP contribution in [0.25, 0.3) is 0 Å². The molecule has 0 aliphatic heterocycles. The number of aryl methyl sites for hydroxylation is 2. The number of ether oxygens (including phenoxy) is 2. The van der Waals surface area contributed by atoms with Crippen LogP contribution in [0, 0.1) is 27.7 Å².